The second-order valence-corrected chi connectivity index (χ2v) is 5.65. The van der Waals surface area contributed by atoms with E-state index in [4.69, 9.17) is 15.2 Å². The minimum absolute atomic E-state index is 0.196. The summed E-state index contributed by atoms with van der Waals surface area (Å²) in [5, 5.41) is 0. The third kappa shape index (κ3) is 2.69. The van der Waals surface area contributed by atoms with Gasteiger partial charge >= 0.3 is 0 Å². The van der Waals surface area contributed by atoms with Crippen LogP contribution in [0.25, 0.3) is 0 Å². The van der Waals surface area contributed by atoms with Crippen LogP contribution >= 0.6 is 0 Å². The molecule has 0 bridgehead atoms. The van der Waals surface area contributed by atoms with E-state index in [0.717, 1.165) is 5.56 Å². The molecule has 0 spiro atoms. The molecule has 0 radical (unpaired) electrons. The van der Waals surface area contributed by atoms with Crippen molar-refractivity contribution in [2.24, 2.45) is 5.73 Å². The summed E-state index contributed by atoms with van der Waals surface area (Å²) in [4.78, 5) is 13.7. The first kappa shape index (κ1) is 16.3. The van der Waals surface area contributed by atoms with E-state index in [1.807, 2.05) is 6.07 Å². The first-order valence-electron chi connectivity index (χ1n) is 7.58. The quantitative estimate of drug-likeness (QED) is 0.854. The summed E-state index contributed by atoms with van der Waals surface area (Å²) >= 11 is 0. The van der Waals surface area contributed by atoms with Gasteiger partial charge in [-0.1, -0.05) is 24.3 Å². The molecule has 1 fully saturated rings. The van der Waals surface area contributed by atoms with Crippen molar-refractivity contribution in [2.45, 2.75) is 18.6 Å². The van der Waals surface area contributed by atoms with Gasteiger partial charge in [0.25, 0.3) is 0 Å². The molecule has 5 nitrogen and oxygen atoms in total. The number of hydrogen-bond acceptors (Lipinski definition) is 4. The summed E-state index contributed by atoms with van der Waals surface area (Å²) in [6.45, 7) is 0.325. The highest BCUT2D eigenvalue weighted by Gasteiger charge is 2.46. The first-order valence-corrected chi connectivity index (χ1v) is 7.58. The number of halogens is 1. The summed E-state index contributed by atoms with van der Waals surface area (Å²) in [6.07, 6.45) is 0. The van der Waals surface area contributed by atoms with Crippen LogP contribution in [-0.2, 0) is 11.3 Å². The Bertz CT molecular complexity index is 766. The number of rotatable bonds is 5. The summed E-state index contributed by atoms with van der Waals surface area (Å²) in [5.41, 5.74) is 7.20. The molecule has 2 atom stereocenters. The monoisotopic (exact) mass is 330 g/mol. The second-order valence-electron chi connectivity index (χ2n) is 5.65. The van der Waals surface area contributed by atoms with Gasteiger partial charge in [0.05, 0.1) is 20.3 Å². The number of carbonyl (C=O) groups excluding carboxylic acids is 1. The van der Waals surface area contributed by atoms with Crippen LogP contribution in [0.3, 0.4) is 0 Å². The van der Waals surface area contributed by atoms with Crippen LogP contribution in [0.4, 0.5) is 4.39 Å². The van der Waals surface area contributed by atoms with Crippen LogP contribution in [0.2, 0.25) is 0 Å². The molecule has 0 saturated carbocycles. The van der Waals surface area contributed by atoms with E-state index < -0.39 is 12.1 Å². The Morgan fingerprint density at radius 3 is 2.50 bits per heavy atom. The Morgan fingerprint density at radius 2 is 1.83 bits per heavy atom. The topological polar surface area (TPSA) is 64.8 Å². The van der Waals surface area contributed by atoms with Gasteiger partial charge in [0.2, 0.25) is 5.91 Å². The molecule has 2 aromatic rings. The Hall–Kier alpha value is -2.60. The zero-order chi connectivity index (χ0) is 17.3. The van der Waals surface area contributed by atoms with E-state index in [1.165, 1.54) is 6.07 Å². The summed E-state index contributed by atoms with van der Waals surface area (Å²) in [5.74, 6) is 0.633. The van der Waals surface area contributed by atoms with Crippen molar-refractivity contribution in [3.63, 3.8) is 0 Å². The number of likely N-dealkylation sites (tertiary alicyclic amines) is 1. The Kier molecular flexibility index (Phi) is 4.40. The summed E-state index contributed by atoms with van der Waals surface area (Å²) < 4.78 is 24.5. The zero-order valence-electron chi connectivity index (χ0n) is 13.5. The molecule has 1 amide bonds. The SMILES string of the molecule is COc1ccc(CN2C(=O)[C@H](N)[C@H]2c2ccccc2F)cc1OC. The van der Waals surface area contributed by atoms with Crippen LogP contribution in [-0.4, -0.2) is 31.1 Å². The van der Waals surface area contributed by atoms with E-state index in [0.29, 0.717) is 23.6 Å². The van der Waals surface area contributed by atoms with Gasteiger partial charge in [-0.3, -0.25) is 4.79 Å². The van der Waals surface area contributed by atoms with Crippen molar-refractivity contribution in [1.29, 1.82) is 0 Å². The van der Waals surface area contributed by atoms with Crippen molar-refractivity contribution < 1.29 is 18.7 Å². The van der Waals surface area contributed by atoms with E-state index in [2.05, 4.69) is 0 Å². The van der Waals surface area contributed by atoms with Crippen molar-refractivity contribution in [3.05, 3.63) is 59.4 Å². The molecule has 0 unspecified atom stereocenters. The molecule has 126 valence electrons. The highest BCUT2D eigenvalue weighted by molar-refractivity contribution is 5.89. The number of ether oxygens (including phenoxy) is 2. The molecular weight excluding hydrogens is 311 g/mol. The second kappa shape index (κ2) is 6.49. The van der Waals surface area contributed by atoms with Crippen molar-refractivity contribution in [3.8, 4) is 11.5 Å². The van der Waals surface area contributed by atoms with Crippen LogP contribution in [0.5, 0.6) is 11.5 Å². The average molecular weight is 330 g/mol. The lowest BCUT2D eigenvalue weighted by atomic mass is 9.88. The number of hydrogen-bond donors (Lipinski definition) is 1. The first-order chi connectivity index (χ1) is 11.6. The van der Waals surface area contributed by atoms with Crippen LogP contribution in [0, 0.1) is 5.82 Å². The fraction of sp³-hybridized carbons (Fsp3) is 0.278. The normalized spacial score (nSPS) is 19.8. The summed E-state index contributed by atoms with van der Waals surface area (Å²) in [7, 11) is 3.11. The third-order valence-corrected chi connectivity index (χ3v) is 4.27. The minimum atomic E-state index is -0.720. The van der Waals surface area contributed by atoms with Crippen molar-refractivity contribution in [1.82, 2.24) is 4.90 Å². The van der Waals surface area contributed by atoms with Gasteiger partial charge in [-0.05, 0) is 23.8 Å². The van der Waals surface area contributed by atoms with Crippen LogP contribution in [0.1, 0.15) is 17.2 Å². The molecular formula is C18H19FN2O3. The predicted molar refractivity (Wildman–Crippen MR) is 87.2 cm³/mol. The Morgan fingerprint density at radius 1 is 1.12 bits per heavy atom. The maximum Gasteiger partial charge on any atom is 0.242 e. The molecule has 1 aliphatic heterocycles. The number of carbonyl (C=O) groups is 1. The molecule has 6 heteroatoms. The van der Waals surface area contributed by atoms with Gasteiger partial charge in [0.1, 0.15) is 11.9 Å². The number of methoxy groups -OCH3 is 2. The molecule has 0 aromatic heterocycles. The minimum Gasteiger partial charge on any atom is -0.493 e. The van der Waals surface area contributed by atoms with Gasteiger partial charge in [0, 0.05) is 12.1 Å². The third-order valence-electron chi connectivity index (χ3n) is 4.27. The predicted octanol–water partition coefficient (Wildman–Crippen LogP) is 2.25. The average Bonchev–Trinajstić information content (AvgIpc) is 2.62. The van der Waals surface area contributed by atoms with Crippen molar-refractivity contribution in [2.75, 3.05) is 14.2 Å². The molecule has 3 rings (SSSR count). The fourth-order valence-electron chi connectivity index (χ4n) is 3.00. The molecule has 0 aliphatic carbocycles. The lowest BCUT2D eigenvalue weighted by molar-refractivity contribution is -0.150. The lowest BCUT2D eigenvalue weighted by Gasteiger charge is -2.45. The Balaban J connectivity index is 1.86. The van der Waals surface area contributed by atoms with Gasteiger partial charge in [-0.25, -0.2) is 4.39 Å². The molecule has 1 heterocycles. The molecule has 1 saturated heterocycles. The lowest BCUT2D eigenvalue weighted by Crippen LogP contribution is -2.62. The molecule has 1 aliphatic rings. The van der Waals surface area contributed by atoms with E-state index in [1.54, 1.807) is 49.5 Å². The number of nitrogens with two attached hydrogens (primary N) is 1. The number of β-lactam (4-membered cyclic amide) rings is 1. The summed E-state index contributed by atoms with van der Waals surface area (Å²) in [6, 6.07) is 10.6. The highest BCUT2D eigenvalue weighted by Crippen LogP contribution is 2.37. The highest BCUT2D eigenvalue weighted by atomic mass is 19.1. The smallest absolute Gasteiger partial charge is 0.242 e. The fourth-order valence-corrected chi connectivity index (χ4v) is 3.00. The van der Waals surface area contributed by atoms with Gasteiger partial charge in [-0.2, -0.15) is 0 Å². The number of benzene rings is 2. The maximum absolute atomic E-state index is 14.1. The maximum atomic E-state index is 14.1. The van der Waals surface area contributed by atoms with E-state index >= 15 is 0 Å². The molecule has 24 heavy (non-hydrogen) atoms. The standard InChI is InChI=1S/C18H19FN2O3/c1-23-14-8-7-11(9-15(14)24-2)10-21-17(16(20)18(21)22)12-5-3-4-6-13(12)19/h3-9,16-17H,10,20H2,1-2H3/t16-,17-/m1/s1. The van der Waals surface area contributed by atoms with Crippen LogP contribution < -0.4 is 15.2 Å². The van der Waals surface area contributed by atoms with Gasteiger partial charge in [0.15, 0.2) is 11.5 Å². The molecule has 2 aromatic carbocycles. The van der Waals surface area contributed by atoms with Crippen LogP contribution in [0.15, 0.2) is 42.5 Å². The van der Waals surface area contributed by atoms with Gasteiger partial charge in [-0.15, -0.1) is 0 Å². The Labute approximate surface area is 139 Å². The number of amides is 1. The van der Waals surface area contributed by atoms with Crippen molar-refractivity contribution >= 4 is 5.91 Å². The largest absolute Gasteiger partial charge is 0.493 e. The van der Waals surface area contributed by atoms with E-state index in [9.17, 15) is 9.18 Å². The van der Waals surface area contributed by atoms with E-state index in [-0.39, 0.29) is 11.7 Å². The number of nitrogens with zero attached hydrogens (tertiary/aromatic N) is 1. The van der Waals surface area contributed by atoms with Gasteiger partial charge < -0.3 is 20.1 Å². The molecule has 2 N–H and O–H groups in total. The zero-order valence-corrected chi connectivity index (χ0v) is 13.5.